The lowest BCUT2D eigenvalue weighted by atomic mass is 10.0. The van der Waals surface area contributed by atoms with E-state index >= 15 is 0 Å². The predicted molar refractivity (Wildman–Crippen MR) is 89.5 cm³/mol. The summed E-state index contributed by atoms with van der Waals surface area (Å²) in [7, 11) is 0. The Morgan fingerprint density at radius 2 is 1.71 bits per heavy atom. The first-order valence-electron chi connectivity index (χ1n) is 6.81. The van der Waals surface area contributed by atoms with Crippen molar-refractivity contribution >= 4 is 11.6 Å². The molecule has 0 aliphatic rings. The lowest BCUT2D eigenvalue weighted by molar-refractivity contribution is 1.45. The molecule has 0 radical (unpaired) electrons. The van der Waals surface area contributed by atoms with Gasteiger partial charge in [-0.05, 0) is 35.8 Å². The van der Waals surface area contributed by atoms with Crippen molar-refractivity contribution in [2.24, 2.45) is 0 Å². The summed E-state index contributed by atoms with van der Waals surface area (Å²) in [5.74, 6) is 0. The summed E-state index contributed by atoms with van der Waals surface area (Å²) in [6.45, 7) is 5.95. The molecule has 1 heteroatoms. The number of nitrogens with zero attached hydrogens (tertiary/aromatic N) is 1. The van der Waals surface area contributed by atoms with Gasteiger partial charge in [-0.2, -0.15) is 5.26 Å². The van der Waals surface area contributed by atoms with Gasteiger partial charge in [0.05, 0.1) is 11.6 Å². The van der Waals surface area contributed by atoms with Crippen LogP contribution in [0.5, 0.6) is 0 Å². The first-order chi connectivity index (χ1) is 10.2. The Morgan fingerprint density at radius 1 is 1.05 bits per heavy atom. The van der Waals surface area contributed by atoms with E-state index in [0.29, 0.717) is 5.56 Å². The van der Waals surface area contributed by atoms with Crippen LogP contribution >= 0.6 is 0 Å². The van der Waals surface area contributed by atoms with Crippen LogP contribution in [0.3, 0.4) is 0 Å². The largest absolute Gasteiger partial charge is 0.192 e. The fourth-order valence-electron chi connectivity index (χ4n) is 1.96. The lowest BCUT2D eigenvalue weighted by Crippen LogP contribution is -1.80. The molecule has 0 saturated heterocycles. The third-order valence-corrected chi connectivity index (χ3v) is 3.21. The predicted octanol–water partition coefficient (Wildman–Crippen LogP) is 5.15. The number of hydrogen-bond acceptors (Lipinski definition) is 1. The molecule has 0 atom stereocenters. The minimum atomic E-state index is 0.675. The van der Waals surface area contributed by atoms with Gasteiger partial charge >= 0.3 is 0 Å². The number of benzene rings is 2. The van der Waals surface area contributed by atoms with Crippen LogP contribution in [-0.2, 0) is 0 Å². The van der Waals surface area contributed by atoms with E-state index in [0.717, 1.165) is 16.7 Å². The van der Waals surface area contributed by atoms with Crippen molar-refractivity contribution in [1.29, 1.82) is 5.26 Å². The minimum Gasteiger partial charge on any atom is -0.192 e. The van der Waals surface area contributed by atoms with Gasteiger partial charge in [0.25, 0.3) is 0 Å². The average Bonchev–Trinajstić information content (AvgIpc) is 2.53. The standard InChI is InChI=1S/C20H17N/c1-3-19(20-13-7-16(2)8-14-20)6-4-5-17-9-11-18(15-21)12-10-17/h3-14H,1H2,2H3. The number of aryl methyl sites for hydroxylation is 1. The summed E-state index contributed by atoms with van der Waals surface area (Å²) in [5.41, 5.74) is 5.22. The van der Waals surface area contributed by atoms with Gasteiger partial charge in [-0.1, -0.05) is 72.8 Å². The molecule has 0 aliphatic heterocycles. The highest BCUT2D eigenvalue weighted by molar-refractivity contribution is 5.75. The van der Waals surface area contributed by atoms with Crippen molar-refractivity contribution < 1.29 is 0 Å². The lowest BCUT2D eigenvalue weighted by Gasteiger charge is -2.01. The van der Waals surface area contributed by atoms with Crippen molar-refractivity contribution in [2.75, 3.05) is 0 Å². The molecule has 0 saturated carbocycles. The van der Waals surface area contributed by atoms with Crippen molar-refractivity contribution in [3.63, 3.8) is 0 Å². The highest BCUT2D eigenvalue weighted by Gasteiger charge is 1.95. The monoisotopic (exact) mass is 271 g/mol. The third kappa shape index (κ3) is 4.06. The number of rotatable bonds is 4. The molecule has 2 aromatic carbocycles. The quantitative estimate of drug-likeness (QED) is 0.705. The Balaban J connectivity index is 2.16. The Bertz CT molecular complexity index is 708. The molecular formula is C20H17N. The van der Waals surface area contributed by atoms with E-state index in [9.17, 15) is 0 Å². The molecule has 0 heterocycles. The van der Waals surface area contributed by atoms with Gasteiger partial charge in [0.1, 0.15) is 0 Å². The van der Waals surface area contributed by atoms with Crippen LogP contribution < -0.4 is 0 Å². The normalized spacial score (nSPS) is 11.3. The fourth-order valence-corrected chi connectivity index (χ4v) is 1.96. The summed E-state index contributed by atoms with van der Waals surface area (Å²) in [6, 6.07) is 18.0. The molecule has 1 nitrogen and oxygen atoms in total. The maximum Gasteiger partial charge on any atom is 0.0991 e. The molecule has 0 N–H and O–H groups in total. The van der Waals surface area contributed by atoms with Crippen LogP contribution in [0, 0.1) is 18.3 Å². The van der Waals surface area contributed by atoms with Crippen LogP contribution in [-0.4, -0.2) is 0 Å². The topological polar surface area (TPSA) is 23.8 Å². The Kier molecular flexibility index (Phi) is 4.90. The van der Waals surface area contributed by atoms with Gasteiger partial charge in [-0.15, -0.1) is 0 Å². The molecule has 2 aromatic rings. The molecule has 0 aromatic heterocycles. The Labute approximate surface area is 126 Å². The van der Waals surface area contributed by atoms with Gasteiger partial charge in [-0.25, -0.2) is 0 Å². The summed E-state index contributed by atoms with van der Waals surface area (Å²) >= 11 is 0. The van der Waals surface area contributed by atoms with Crippen LogP contribution in [0.2, 0.25) is 0 Å². The zero-order chi connectivity index (χ0) is 15.1. The van der Waals surface area contributed by atoms with Gasteiger partial charge in [0.15, 0.2) is 0 Å². The third-order valence-electron chi connectivity index (χ3n) is 3.21. The van der Waals surface area contributed by atoms with E-state index in [-0.39, 0.29) is 0 Å². The summed E-state index contributed by atoms with van der Waals surface area (Å²) in [4.78, 5) is 0. The molecule has 0 spiro atoms. The highest BCUT2D eigenvalue weighted by Crippen LogP contribution is 2.16. The van der Waals surface area contributed by atoms with E-state index in [2.05, 4.69) is 43.8 Å². The van der Waals surface area contributed by atoms with Crippen molar-refractivity contribution in [3.05, 3.63) is 95.6 Å². The molecular weight excluding hydrogens is 254 g/mol. The average molecular weight is 271 g/mol. The van der Waals surface area contributed by atoms with E-state index in [1.165, 1.54) is 5.56 Å². The molecule has 102 valence electrons. The van der Waals surface area contributed by atoms with E-state index in [1.807, 2.05) is 48.6 Å². The Hall–Kier alpha value is -2.85. The Morgan fingerprint density at radius 3 is 2.29 bits per heavy atom. The molecule has 0 bridgehead atoms. The first kappa shape index (κ1) is 14.6. The van der Waals surface area contributed by atoms with Crippen molar-refractivity contribution in [1.82, 2.24) is 0 Å². The van der Waals surface area contributed by atoms with E-state index in [1.54, 1.807) is 0 Å². The van der Waals surface area contributed by atoms with Gasteiger partial charge in [0, 0.05) is 0 Å². The summed E-state index contributed by atoms with van der Waals surface area (Å²) in [6.07, 6.45) is 7.90. The molecule has 2 rings (SSSR count). The zero-order valence-electron chi connectivity index (χ0n) is 12.1. The van der Waals surface area contributed by atoms with Crippen LogP contribution in [0.4, 0.5) is 0 Å². The van der Waals surface area contributed by atoms with E-state index < -0.39 is 0 Å². The molecule has 0 amide bonds. The maximum atomic E-state index is 8.77. The summed E-state index contributed by atoms with van der Waals surface area (Å²) < 4.78 is 0. The van der Waals surface area contributed by atoms with Crippen LogP contribution in [0.25, 0.3) is 11.6 Å². The van der Waals surface area contributed by atoms with Gasteiger partial charge in [-0.3, -0.25) is 0 Å². The summed E-state index contributed by atoms with van der Waals surface area (Å²) in [5, 5.41) is 8.77. The molecule has 21 heavy (non-hydrogen) atoms. The number of hydrogen-bond donors (Lipinski definition) is 0. The van der Waals surface area contributed by atoms with Crippen LogP contribution in [0.1, 0.15) is 22.3 Å². The van der Waals surface area contributed by atoms with Gasteiger partial charge < -0.3 is 0 Å². The maximum absolute atomic E-state index is 8.77. The van der Waals surface area contributed by atoms with Crippen LogP contribution in [0.15, 0.2) is 73.3 Å². The molecule has 0 fully saturated rings. The molecule has 0 aliphatic carbocycles. The smallest absolute Gasteiger partial charge is 0.0991 e. The SMILES string of the molecule is C=CC(=CC=Cc1ccc(C#N)cc1)c1ccc(C)cc1. The number of nitriles is 1. The zero-order valence-corrected chi connectivity index (χ0v) is 12.1. The highest BCUT2D eigenvalue weighted by atomic mass is 14.2. The second-order valence-corrected chi connectivity index (χ2v) is 4.79. The second kappa shape index (κ2) is 7.07. The number of allylic oxidation sites excluding steroid dienone is 4. The minimum absolute atomic E-state index is 0.675. The van der Waals surface area contributed by atoms with Crippen molar-refractivity contribution in [2.45, 2.75) is 6.92 Å². The fraction of sp³-hybridized carbons (Fsp3) is 0.0500. The van der Waals surface area contributed by atoms with E-state index in [4.69, 9.17) is 5.26 Å². The molecule has 0 unspecified atom stereocenters. The van der Waals surface area contributed by atoms with Crippen molar-refractivity contribution in [3.8, 4) is 6.07 Å². The van der Waals surface area contributed by atoms with Gasteiger partial charge in [0.2, 0.25) is 0 Å². The second-order valence-electron chi connectivity index (χ2n) is 4.79. The first-order valence-corrected chi connectivity index (χ1v) is 6.81.